The van der Waals surface area contributed by atoms with E-state index in [4.69, 9.17) is 23.7 Å². The van der Waals surface area contributed by atoms with Gasteiger partial charge in [0.25, 0.3) is 0 Å². The van der Waals surface area contributed by atoms with Gasteiger partial charge in [0, 0.05) is 0 Å². The Morgan fingerprint density at radius 2 is 1.26 bits per heavy atom. The van der Waals surface area contributed by atoms with E-state index in [1.165, 1.54) is 6.42 Å². The molecule has 0 radical (unpaired) electrons. The summed E-state index contributed by atoms with van der Waals surface area (Å²) in [5.41, 5.74) is 2.61. The Labute approximate surface area is 224 Å². The smallest absolute Gasteiger partial charge is 0.338 e. The van der Waals surface area contributed by atoms with Crippen LogP contribution < -0.4 is 0 Å². The largest absolute Gasteiger partial charge is 0.459 e. The Balaban J connectivity index is 1.33. The van der Waals surface area contributed by atoms with E-state index in [-0.39, 0.29) is 12.7 Å². The van der Waals surface area contributed by atoms with Crippen molar-refractivity contribution >= 4 is 5.97 Å². The van der Waals surface area contributed by atoms with Crippen molar-refractivity contribution in [3.63, 3.8) is 0 Å². The third kappa shape index (κ3) is 7.29. The SMILES string of the molecule is O=C(OC[C@H]1O[C@@H](OC2CCCCC2)[C@@H](OCc2ccccc2)[C@@H]1OCc1ccccc1)c1ccccc1. The zero-order chi connectivity index (χ0) is 26.0. The second-order valence-corrected chi connectivity index (χ2v) is 9.93. The van der Waals surface area contributed by atoms with E-state index in [9.17, 15) is 4.79 Å². The molecule has 1 heterocycles. The predicted molar refractivity (Wildman–Crippen MR) is 143 cm³/mol. The highest BCUT2D eigenvalue weighted by Crippen LogP contribution is 2.33. The molecule has 2 fully saturated rings. The summed E-state index contributed by atoms with van der Waals surface area (Å²) in [5, 5.41) is 0. The lowest BCUT2D eigenvalue weighted by molar-refractivity contribution is -0.209. The summed E-state index contributed by atoms with van der Waals surface area (Å²) in [4.78, 5) is 12.7. The molecule has 200 valence electrons. The Morgan fingerprint density at radius 3 is 1.87 bits per heavy atom. The molecule has 2 aliphatic rings. The van der Waals surface area contributed by atoms with Gasteiger partial charge in [0.15, 0.2) is 6.29 Å². The number of benzene rings is 3. The van der Waals surface area contributed by atoms with Crippen LogP contribution in [0.15, 0.2) is 91.0 Å². The molecule has 1 saturated carbocycles. The van der Waals surface area contributed by atoms with Gasteiger partial charge in [0.05, 0.1) is 24.9 Å². The van der Waals surface area contributed by atoms with Gasteiger partial charge in [-0.15, -0.1) is 0 Å². The summed E-state index contributed by atoms with van der Waals surface area (Å²) < 4.78 is 31.5. The van der Waals surface area contributed by atoms with Crippen LogP contribution in [-0.2, 0) is 36.9 Å². The molecule has 1 aliphatic carbocycles. The quantitative estimate of drug-likeness (QED) is 0.288. The molecule has 0 unspecified atom stereocenters. The molecule has 4 atom stereocenters. The molecule has 3 aromatic carbocycles. The molecule has 0 bridgehead atoms. The van der Waals surface area contributed by atoms with Crippen molar-refractivity contribution in [2.75, 3.05) is 6.61 Å². The van der Waals surface area contributed by atoms with Crippen molar-refractivity contribution in [1.29, 1.82) is 0 Å². The minimum absolute atomic E-state index is 0.0446. The first-order valence-corrected chi connectivity index (χ1v) is 13.6. The fourth-order valence-corrected chi connectivity index (χ4v) is 5.05. The van der Waals surface area contributed by atoms with Crippen LogP contribution in [0.2, 0.25) is 0 Å². The average Bonchev–Trinajstić information content (AvgIpc) is 3.31. The number of carbonyl (C=O) groups is 1. The van der Waals surface area contributed by atoms with Crippen molar-refractivity contribution in [1.82, 2.24) is 0 Å². The molecule has 6 nitrogen and oxygen atoms in total. The van der Waals surface area contributed by atoms with Gasteiger partial charge in [-0.25, -0.2) is 4.79 Å². The van der Waals surface area contributed by atoms with Gasteiger partial charge in [0.2, 0.25) is 0 Å². The van der Waals surface area contributed by atoms with Crippen LogP contribution in [0.1, 0.15) is 53.6 Å². The zero-order valence-electron chi connectivity index (χ0n) is 21.7. The maximum absolute atomic E-state index is 12.7. The number of esters is 1. The summed E-state index contributed by atoms with van der Waals surface area (Å²) in [6, 6.07) is 29.0. The van der Waals surface area contributed by atoms with Crippen molar-refractivity contribution in [2.24, 2.45) is 0 Å². The van der Waals surface area contributed by atoms with Gasteiger partial charge in [-0.3, -0.25) is 0 Å². The van der Waals surface area contributed by atoms with E-state index in [2.05, 4.69) is 0 Å². The number of carbonyl (C=O) groups excluding carboxylic acids is 1. The standard InChI is InChI=1S/C32H36O6/c33-31(26-17-9-3-10-18-26)36-23-28-29(34-21-24-13-5-1-6-14-24)30(35-22-25-15-7-2-8-16-25)32(38-28)37-27-19-11-4-12-20-27/h1-3,5-10,13-18,27-30,32H,4,11-12,19-23H2/t28-,29-,30+,32-/m1/s1. The first kappa shape index (κ1) is 26.6. The summed E-state index contributed by atoms with van der Waals surface area (Å²) in [6.45, 7) is 0.837. The normalized spacial score (nSPS) is 23.8. The van der Waals surface area contributed by atoms with E-state index >= 15 is 0 Å². The van der Waals surface area contributed by atoms with Gasteiger partial charge < -0.3 is 23.7 Å². The fourth-order valence-electron chi connectivity index (χ4n) is 5.05. The van der Waals surface area contributed by atoms with Crippen LogP contribution in [-0.4, -0.2) is 43.3 Å². The maximum Gasteiger partial charge on any atom is 0.338 e. The van der Waals surface area contributed by atoms with Crippen molar-refractivity contribution < 1.29 is 28.5 Å². The van der Waals surface area contributed by atoms with E-state index in [0.29, 0.717) is 18.8 Å². The molecule has 6 heteroatoms. The van der Waals surface area contributed by atoms with E-state index in [0.717, 1.165) is 36.8 Å². The second kappa shape index (κ2) is 13.7. The van der Waals surface area contributed by atoms with Crippen LogP contribution >= 0.6 is 0 Å². The van der Waals surface area contributed by atoms with Crippen LogP contribution in [0.25, 0.3) is 0 Å². The topological polar surface area (TPSA) is 63.2 Å². The van der Waals surface area contributed by atoms with Crippen LogP contribution in [0.3, 0.4) is 0 Å². The second-order valence-electron chi connectivity index (χ2n) is 9.93. The molecular weight excluding hydrogens is 480 g/mol. The monoisotopic (exact) mass is 516 g/mol. The van der Waals surface area contributed by atoms with Crippen molar-refractivity contribution in [2.45, 2.75) is 76.0 Å². The van der Waals surface area contributed by atoms with Crippen LogP contribution in [0.4, 0.5) is 0 Å². The highest BCUT2D eigenvalue weighted by atomic mass is 16.7. The molecule has 0 spiro atoms. The molecule has 38 heavy (non-hydrogen) atoms. The van der Waals surface area contributed by atoms with Crippen LogP contribution in [0, 0.1) is 0 Å². The lowest BCUT2D eigenvalue weighted by atomic mass is 9.98. The summed E-state index contributed by atoms with van der Waals surface area (Å²) in [6.07, 6.45) is 3.60. The Hall–Kier alpha value is -3.03. The zero-order valence-corrected chi connectivity index (χ0v) is 21.7. The van der Waals surface area contributed by atoms with Gasteiger partial charge in [-0.2, -0.15) is 0 Å². The third-order valence-electron chi connectivity index (χ3n) is 7.10. The van der Waals surface area contributed by atoms with E-state index in [1.807, 2.05) is 78.9 Å². The Bertz CT molecular complexity index is 1100. The molecule has 5 rings (SSSR count). The lowest BCUT2D eigenvalue weighted by Crippen LogP contribution is -2.41. The highest BCUT2D eigenvalue weighted by Gasteiger charge is 2.48. The summed E-state index contributed by atoms with van der Waals surface area (Å²) in [5.74, 6) is -0.394. The number of rotatable bonds is 11. The fraction of sp³-hybridized carbons (Fsp3) is 0.406. The van der Waals surface area contributed by atoms with E-state index < -0.39 is 30.6 Å². The molecule has 0 amide bonds. The van der Waals surface area contributed by atoms with Gasteiger partial charge >= 0.3 is 5.97 Å². The minimum Gasteiger partial charge on any atom is -0.459 e. The highest BCUT2D eigenvalue weighted by molar-refractivity contribution is 5.89. The Morgan fingerprint density at radius 1 is 0.711 bits per heavy atom. The molecular formula is C32H36O6. The average molecular weight is 517 g/mol. The van der Waals surface area contributed by atoms with Crippen molar-refractivity contribution in [3.8, 4) is 0 Å². The van der Waals surface area contributed by atoms with Crippen molar-refractivity contribution in [3.05, 3.63) is 108 Å². The lowest BCUT2D eigenvalue weighted by Gasteiger charge is -2.29. The molecule has 3 aromatic rings. The van der Waals surface area contributed by atoms with Crippen LogP contribution in [0.5, 0.6) is 0 Å². The number of ether oxygens (including phenoxy) is 5. The van der Waals surface area contributed by atoms with E-state index in [1.54, 1.807) is 12.1 Å². The first-order valence-electron chi connectivity index (χ1n) is 13.6. The third-order valence-corrected chi connectivity index (χ3v) is 7.10. The number of hydrogen-bond acceptors (Lipinski definition) is 6. The summed E-state index contributed by atoms with van der Waals surface area (Å²) in [7, 11) is 0. The number of hydrogen-bond donors (Lipinski definition) is 0. The molecule has 0 N–H and O–H groups in total. The molecule has 1 saturated heterocycles. The van der Waals surface area contributed by atoms with Gasteiger partial charge in [0.1, 0.15) is 24.9 Å². The van der Waals surface area contributed by atoms with Gasteiger partial charge in [-0.1, -0.05) is 98.1 Å². The molecule has 1 aliphatic heterocycles. The predicted octanol–water partition coefficient (Wildman–Crippen LogP) is 6.09. The summed E-state index contributed by atoms with van der Waals surface area (Å²) >= 11 is 0. The molecule has 0 aromatic heterocycles. The Kier molecular flexibility index (Phi) is 9.56. The maximum atomic E-state index is 12.7. The first-order chi connectivity index (χ1) is 18.8. The van der Waals surface area contributed by atoms with Gasteiger partial charge in [-0.05, 0) is 36.1 Å². The minimum atomic E-state index is -0.608.